The van der Waals surface area contributed by atoms with E-state index in [1.54, 1.807) is 13.8 Å². The van der Waals surface area contributed by atoms with E-state index in [9.17, 15) is 13.6 Å². The predicted molar refractivity (Wildman–Crippen MR) is 53.2 cm³/mol. The summed E-state index contributed by atoms with van der Waals surface area (Å²) in [6.07, 6.45) is 0. The molecule has 1 aromatic carbocycles. The van der Waals surface area contributed by atoms with Crippen molar-refractivity contribution in [3.63, 3.8) is 0 Å². The van der Waals surface area contributed by atoms with Gasteiger partial charge >= 0.3 is 5.97 Å². The zero-order valence-corrected chi connectivity index (χ0v) is 8.87. The molecule has 0 saturated heterocycles. The Morgan fingerprint density at radius 1 is 1.25 bits per heavy atom. The molecule has 16 heavy (non-hydrogen) atoms. The van der Waals surface area contributed by atoms with Crippen molar-refractivity contribution < 1.29 is 23.8 Å². The molecular weight excluding hydrogens is 218 g/mol. The molecule has 1 aromatic rings. The number of halogens is 2. The van der Waals surface area contributed by atoms with Crippen LogP contribution in [-0.4, -0.2) is 16.2 Å². The second-order valence-electron chi connectivity index (χ2n) is 3.88. The number of hydrogen-bond acceptors (Lipinski definition) is 2. The molecule has 0 aromatic heterocycles. The van der Waals surface area contributed by atoms with E-state index in [2.05, 4.69) is 0 Å². The van der Waals surface area contributed by atoms with Gasteiger partial charge in [-0.3, -0.25) is 4.79 Å². The highest BCUT2D eigenvalue weighted by Crippen LogP contribution is 2.31. The second-order valence-corrected chi connectivity index (χ2v) is 3.88. The number of rotatable bonds is 3. The predicted octanol–water partition coefficient (Wildman–Crippen LogP) is 2.49. The zero-order chi connectivity index (χ0) is 12.5. The van der Waals surface area contributed by atoms with E-state index in [4.69, 9.17) is 10.2 Å². The molecule has 1 atom stereocenters. The monoisotopic (exact) mass is 230 g/mol. The summed E-state index contributed by atoms with van der Waals surface area (Å²) >= 11 is 0. The first-order chi connectivity index (χ1) is 7.34. The normalized spacial score (nSPS) is 12.8. The van der Waals surface area contributed by atoms with Crippen LogP contribution in [0.2, 0.25) is 0 Å². The van der Waals surface area contributed by atoms with Crippen LogP contribution in [0, 0.1) is 17.6 Å². The van der Waals surface area contributed by atoms with Crippen molar-refractivity contribution in [3.8, 4) is 5.75 Å². The molecule has 0 spiro atoms. The average molecular weight is 230 g/mol. The third-order valence-electron chi connectivity index (χ3n) is 2.31. The Labute approximate surface area is 91.3 Å². The SMILES string of the molecule is CC(C)C(C(=O)O)c1c(F)cc(O)cc1F. The maximum absolute atomic E-state index is 13.4. The van der Waals surface area contributed by atoms with Gasteiger partial charge in [0.1, 0.15) is 17.4 Å². The van der Waals surface area contributed by atoms with Crippen LogP contribution in [-0.2, 0) is 4.79 Å². The van der Waals surface area contributed by atoms with Gasteiger partial charge in [-0.15, -0.1) is 0 Å². The van der Waals surface area contributed by atoms with Gasteiger partial charge in [0.15, 0.2) is 0 Å². The maximum Gasteiger partial charge on any atom is 0.311 e. The van der Waals surface area contributed by atoms with Crippen LogP contribution in [0.25, 0.3) is 0 Å². The van der Waals surface area contributed by atoms with E-state index in [0.717, 1.165) is 0 Å². The summed E-state index contributed by atoms with van der Waals surface area (Å²) in [5.74, 6) is -5.66. The van der Waals surface area contributed by atoms with E-state index < -0.39 is 40.8 Å². The minimum atomic E-state index is -1.29. The van der Waals surface area contributed by atoms with Gasteiger partial charge in [-0.05, 0) is 5.92 Å². The molecule has 0 bridgehead atoms. The van der Waals surface area contributed by atoms with Gasteiger partial charge in [-0.2, -0.15) is 0 Å². The fraction of sp³-hybridized carbons (Fsp3) is 0.364. The molecule has 5 heteroatoms. The molecule has 0 fully saturated rings. The Morgan fingerprint density at radius 3 is 2.00 bits per heavy atom. The number of aromatic hydroxyl groups is 1. The Hall–Kier alpha value is -1.65. The number of carboxylic acid groups (broad SMARTS) is 1. The van der Waals surface area contributed by atoms with Crippen molar-refractivity contribution in [1.82, 2.24) is 0 Å². The first kappa shape index (κ1) is 12.4. The van der Waals surface area contributed by atoms with Gasteiger partial charge in [0.25, 0.3) is 0 Å². The molecule has 3 nitrogen and oxygen atoms in total. The zero-order valence-electron chi connectivity index (χ0n) is 8.87. The molecule has 2 N–H and O–H groups in total. The third-order valence-corrected chi connectivity index (χ3v) is 2.31. The van der Waals surface area contributed by atoms with Crippen LogP contribution in [0.1, 0.15) is 25.3 Å². The number of carboxylic acids is 1. The second kappa shape index (κ2) is 4.47. The van der Waals surface area contributed by atoms with E-state index in [1.165, 1.54) is 0 Å². The minimum Gasteiger partial charge on any atom is -0.508 e. The molecule has 88 valence electrons. The number of benzene rings is 1. The highest BCUT2D eigenvalue weighted by atomic mass is 19.1. The summed E-state index contributed by atoms with van der Waals surface area (Å²) in [7, 11) is 0. The van der Waals surface area contributed by atoms with E-state index in [-0.39, 0.29) is 0 Å². The minimum absolute atomic E-state index is 0.453. The Balaban J connectivity index is 3.35. The number of carbonyl (C=O) groups is 1. The summed E-state index contributed by atoms with van der Waals surface area (Å²) < 4.78 is 26.8. The van der Waals surface area contributed by atoms with Crippen LogP contribution in [0.4, 0.5) is 8.78 Å². The fourth-order valence-corrected chi connectivity index (χ4v) is 1.61. The summed E-state index contributed by atoms with van der Waals surface area (Å²) in [6.45, 7) is 3.12. The summed E-state index contributed by atoms with van der Waals surface area (Å²) in [4.78, 5) is 10.9. The third kappa shape index (κ3) is 2.29. The van der Waals surface area contributed by atoms with Crippen LogP contribution in [0.15, 0.2) is 12.1 Å². The van der Waals surface area contributed by atoms with Crippen molar-refractivity contribution in [1.29, 1.82) is 0 Å². The molecule has 0 aliphatic heterocycles. The largest absolute Gasteiger partial charge is 0.508 e. The maximum atomic E-state index is 13.4. The van der Waals surface area contributed by atoms with Gasteiger partial charge < -0.3 is 10.2 Å². The Morgan fingerprint density at radius 2 is 1.69 bits per heavy atom. The molecular formula is C11H12F2O3. The van der Waals surface area contributed by atoms with Crippen LogP contribution >= 0.6 is 0 Å². The van der Waals surface area contributed by atoms with E-state index in [1.807, 2.05) is 0 Å². The van der Waals surface area contributed by atoms with Gasteiger partial charge in [0.05, 0.1) is 5.92 Å². The van der Waals surface area contributed by atoms with Gasteiger partial charge in [-0.25, -0.2) is 8.78 Å². The topological polar surface area (TPSA) is 57.5 Å². The molecule has 1 rings (SSSR count). The summed E-state index contributed by atoms with van der Waals surface area (Å²) in [6, 6.07) is 1.41. The Kier molecular flexibility index (Phi) is 3.47. The molecule has 0 aliphatic carbocycles. The summed E-state index contributed by atoms with van der Waals surface area (Å²) in [5.41, 5.74) is -0.514. The first-order valence-corrected chi connectivity index (χ1v) is 4.75. The van der Waals surface area contributed by atoms with Gasteiger partial charge in [-0.1, -0.05) is 13.8 Å². The molecule has 0 amide bonds. The number of phenolic OH excluding ortho intramolecular Hbond substituents is 1. The molecule has 0 heterocycles. The molecule has 0 saturated carbocycles. The standard InChI is InChI=1S/C11H12F2O3/c1-5(2)9(11(15)16)10-7(12)3-6(14)4-8(10)13/h3-5,9,14H,1-2H3,(H,15,16). The van der Waals surface area contributed by atoms with Crippen molar-refractivity contribution >= 4 is 5.97 Å². The lowest BCUT2D eigenvalue weighted by Gasteiger charge is -2.18. The highest BCUT2D eigenvalue weighted by molar-refractivity contribution is 5.76. The lowest BCUT2D eigenvalue weighted by molar-refractivity contribution is -0.140. The molecule has 0 aliphatic rings. The number of hydrogen-bond donors (Lipinski definition) is 2. The summed E-state index contributed by atoms with van der Waals surface area (Å²) in [5, 5.41) is 17.9. The van der Waals surface area contributed by atoms with Crippen LogP contribution in [0.5, 0.6) is 5.75 Å². The Bertz CT molecular complexity index is 393. The van der Waals surface area contributed by atoms with Crippen LogP contribution in [0.3, 0.4) is 0 Å². The van der Waals surface area contributed by atoms with Crippen LogP contribution < -0.4 is 0 Å². The van der Waals surface area contributed by atoms with Crippen molar-refractivity contribution in [2.24, 2.45) is 5.92 Å². The number of phenols is 1. The fourth-order valence-electron chi connectivity index (χ4n) is 1.61. The van der Waals surface area contributed by atoms with E-state index >= 15 is 0 Å². The lowest BCUT2D eigenvalue weighted by Crippen LogP contribution is -2.20. The van der Waals surface area contributed by atoms with Crippen molar-refractivity contribution in [2.45, 2.75) is 19.8 Å². The molecule has 1 unspecified atom stereocenters. The van der Waals surface area contributed by atoms with E-state index in [0.29, 0.717) is 12.1 Å². The van der Waals surface area contributed by atoms with Gasteiger partial charge in [0.2, 0.25) is 0 Å². The van der Waals surface area contributed by atoms with Crippen molar-refractivity contribution in [2.75, 3.05) is 0 Å². The first-order valence-electron chi connectivity index (χ1n) is 4.75. The lowest BCUT2D eigenvalue weighted by atomic mass is 9.88. The average Bonchev–Trinajstić information content (AvgIpc) is 2.09. The molecule has 0 radical (unpaired) electrons. The smallest absolute Gasteiger partial charge is 0.311 e. The highest BCUT2D eigenvalue weighted by Gasteiger charge is 2.29. The van der Waals surface area contributed by atoms with Gasteiger partial charge in [0, 0.05) is 17.7 Å². The van der Waals surface area contributed by atoms with Crippen molar-refractivity contribution in [3.05, 3.63) is 29.3 Å². The number of aliphatic carboxylic acids is 1. The quantitative estimate of drug-likeness (QED) is 0.838.